The molecule has 0 radical (unpaired) electrons. The molecule has 110 valence electrons. The van der Waals surface area contributed by atoms with Crippen molar-refractivity contribution in [3.8, 4) is 0 Å². The molecule has 0 aliphatic rings. The van der Waals surface area contributed by atoms with Crippen LogP contribution in [-0.4, -0.2) is 41.7 Å². The van der Waals surface area contributed by atoms with Gasteiger partial charge in [-0.15, -0.1) is 0 Å². The molecule has 3 N–H and O–H groups in total. The van der Waals surface area contributed by atoms with Crippen molar-refractivity contribution in [3.05, 3.63) is 35.9 Å². The lowest BCUT2D eigenvalue weighted by Gasteiger charge is -2.21. The predicted molar refractivity (Wildman–Crippen MR) is 73.7 cm³/mol. The molecule has 0 aliphatic carbocycles. The Kier molecular flexibility index (Phi) is 7.13. The second kappa shape index (κ2) is 8.92. The van der Waals surface area contributed by atoms with Gasteiger partial charge in [0.2, 0.25) is 5.91 Å². The van der Waals surface area contributed by atoms with Gasteiger partial charge in [0.1, 0.15) is 6.61 Å². The zero-order valence-electron chi connectivity index (χ0n) is 11.3. The number of aliphatic hydroxyl groups is 1. The Balaban J connectivity index is 2.46. The summed E-state index contributed by atoms with van der Waals surface area (Å²) in [5.41, 5.74) is 5.95. The van der Waals surface area contributed by atoms with E-state index in [0.29, 0.717) is 13.0 Å². The monoisotopic (exact) mass is 280 g/mol. The van der Waals surface area contributed by atoms with Gasteiger partial charge in [0, 0.05) is 26.1 Å². The number of hydrogen-bond acceptors (Lipinski definition) is 4. The predicted octanol–water partition coefficient (Wildman–Crippen LogP) is 0.883. The van der Waals surface area contributed by atoms with E-state index in [1.165, 1.54) is 4.90 Å². The summed E-state index contributed by atoms with van der Waals surface area (Å²) >= 11 is 0. The minimum Gasteiger partial charge on any atom is -0.445 e. The van der Waals surface area contributed by atoms with Crippen LogP contribution in [0, 0.1) is 0 Å². The van der Waals surface area contributed by atoms with Crippen LogP contribution >= 0.6 is 0 Å². The van der Waals surface area contributed by atoms with E-state index in [-0.39, 0.29) is 26.2 Å². The molecule has 1 rings (SSSR count). The molecular weight excluding hydrogens is 260 g/mol. The molecule has 1 aromatic carbocycles. The molecule has 0 saturated carbocycles. The molecule has 2 amide bonds. The van der Waals surface area contributed by atoms with E-state index in [0.717, 1.165) is 5.56 Å². The molecule has 0 unspecified atom stereocenters. The van der Waals surface area contributed by atoms with Gasteiger partial charge in [-0.2, -0.15) is 0 Å². The maximum atomic E-state index is 11.9. The summed E-state index contributed by atoms with van der Waals surface area (Å²) < 4.78 is 5.17. The van der Waals surface area contributed by atoms with Gasteiger partial charge in [-0.25, -0.2) is 4.79 Å². The Bertz CT molecular complexity index is 422. The van der Waals surface area contributed by atoms with E-state index < -0.39 is 12.0 Å². The van der Waals surface area contributed by atoms with Gasteiger partial charge in [-0.1, -0.05) is 30.3 Å². The molecule has 0 bridgehead atoms. The van der Waals surface area contributed by atoms with Crippen molar-refractivity contribution in [2.45, 2.75) is 19.4 Å². The fourth-order valence-corrected chi connectivity index (χ4v) is 1.61. The summed E-state index contributed by atoms with van der Waals surface area (Å²) in [6, 6.07) is 9.31. The molecule has 20 heavy (non-hydrogen) atoms. The van der Waals surface area contributed by atoms with Gasteiger partial charge in [-0.05, 0) is 12.0 Å². The zero-order chi connectivity index (χ0) is 14.8. The summed E-state index contributed by atoms with van der Waals surface area (Å²) in [6.45, 7) is 0.672. The summed E-state index contributed by atoms with van der Waals surface area (Å²) in [5.74, 6) is -0.477. The molecule has 0 aromatic heterocycles. The lowest BCUT2D eigenvalue weighted by atomic mass is 10.2. The third-order valence-electron chi connectivity index (χ3n) is 2.68. The van der Waals surface area contributed by atoms with E-state index in [1.54, 1.807) is 0 Å². The first-order valence-corrected chi connectivity index (χ1v) is 6.48. The molecule has 6 heteroatoms. The highest BCUT2D eigenvalue weighted by molar-refractivity contribution is 5.75. The largest absolute Gasteiger partial charge is 0.445 e. The Morgan fingerprint density at radius 3 is 2.50 bits per heavy atom. The molecule has 1 aromatic rings. The molecule has 6 nitrogen and oxygen atoms in total. The average Bonchev–Trinajstić information content (AvgIpc) is 2.45. The number of hydrogen-bond donors (Lipinski definition) is 2. The van der Waals surface area contributed by atoms with Crippen LogP contribution < -0.4 is 5.73 Å². The SMILES string of the molecule is NC(=O)CCN(CCCO)C(=O)OCc1ccccc1. The minimum absolute atomic E-state index is 0.0287. The number of aliphatic hydroxyl groups excluding tert-OH is 1. The highest BCUT2D eigenvalue weighted by Crippen LogP contribution is 2.04. The van der Waals surface area contributed by atoms with Crippen molar-refractivity contribution < 1.29 is 19.4 Å². The van der Waals surface area contributed by atoms with E-state index in [2.05, 4.69) is 0 Å². The summed E-state index contributed by atoms with van der Waals surface area (Å²) in [5, 5.41) is 8.81. The van der Waals surface area contributed by atoms with Crippen molar-refractivity contribution in [1.82, 2.24) is 4.90 Å². The van der Waals surface area contributed by atoms with Crippen molar-refractivity contribution in [2.24, 2.45) is 5.73 Å². The minimum atomic E-state index is -0.511. The number of nitrogens with zero attached hydrogens (tertiary/aromatic N) is 1. The van der Waals surface area contributed by atoms with Gasteiger partial charge >= 0.3 is 6.09 Å². The second-order valence-corrected chi connectivity index (χ2v) is 4.32. The number of primary amides is 1. The van der Waals surface area contributed by atoms with Crippen LogP contribution in [0.2, 0.25) is 0 Å². The second-order valence-electron chi connectivity index (χ2n) is 4.32. The van der Waals surface area contributed by atoms with Crippen LogP contribution in [0.3, 0.4) is 0 Å². The van der Waals surface area contributed by atoms with Crippen molar-refractivity contribution >= 4 is 12.0 Å². The van der Waals surface area contributed by atoms with Crippen LogP contribution in [0.4, 0.5) is 4.79 Å². The molecule has 0 fully saturated rings. The van der Waals surface area contributed by atoms with E-state index in [1.807, 2.05) is 30.3 Å². The number of ether oxygens (including phenoxy) is 1. The number of nitrogens with two attached hydrogens (primary N) is 1. The number of amides is 2. The normalized spacial score (nSPS) is 10.1. The molecular formula is C14H20N2O4. The zero-order valence-corrected chi connectivity index (χ0v) is 11.3. The summed E-state index contributed by atoms with van der Waals surface area (Å²) in [7, 11) is 0. The highest BCUT2D eigenvalue weighted by Gasteiger charge is 2.15. The van der Waals surface area contributed by atoms with Crippen LogP contribution in [-0.2, 0) is 16.1 Å². The topological polar surface area (TPSA) is 92.9 Å². The van der Waals surface area contributed by atoms with Gasteiger partial charge in [0.05, 0.1) is 0 Å². The third kappa shape index (κ3) is 6.19. The smallest absolute Gasteiger partial charge is 0.410 e. The molecule has 0 aliphatic heterocycles. The van der Waals surface area contributed by atoms with Gasteiger partial charge in [-0.3, -0.25) is 4.79 Å². The van der Waals surface area contributed by atoms with Gasteiger partial charge in [0.15, 0.2) is 0 Å². The molecule has 0 spiro atoms. The fraction of sp³-hybridized carbons (Fsp3) is 0.429. The van der Waals surface area contributed by atoms with E-state index in [4.69, 9.17) is 15.6 Å². The maximum absolute atomic E-state index is 11.9. The standard InChI is InChI=1S/C14H20N2O4/c15-13(18)7-9-16(8-4-10-17)14(19)20-11-12-5-2-1-3-6-12/h1-3,5-6,17H,4,7-11H2,(H2,15,18). The summed E-state index contributed by atoms with van der Waals surface area (Å²) in [6.07, 6.45) is -0.00557. The quantitative estimate of drug-likeness (QED) is 0.739. The lowest BCUT2D eigenvalue weighted by molar-refractivity contribution is -0.118. The first-order valence-electron chi connectivity index (χ1n) is 6.48. The molecule has 0 heterocycles. The molecule has 0 atom stereocenters. The Morgan fingerprint density at radius 2 is 1.90 bits per heavy atom. The third-order valence-corrected chi connectivity index (χ3v) is 2.68. The van der Waals surface area contributed by atoms with Crippen molar-refractivity contribution in [1.29, 1.82) is 0 Å². The highest BCUT2D eigenvalue weighted by atomic mass is 16.6. The fourth-order valence-electron chi connectivity index (χ4n) is 1.61. The number of rotatable bonds is 8. The number of benzene rings is 1. The lowest BCUT2D eigenvalue weighted by Crippen LogP contribution is -2.35. The van der Waals surface area contributed by atoms with Gasteiger partial charge in [0.25, 0.3) is 0 Å². The van der Waals surface area contributed by atoms with Crippen LogP contribution in [0.5, 0.6) is 0 Å². The van der Waals surface area contributed by atoms with Crippen molar-refractivity contribution in [3.63, 3.8) is 0 Å². The Labute approximate surface area is 118 Å². The van der Waals surface area contributed by atoms with Crippen LogP contribution in [0.1, 0.15) is 18.4 Å². The first kappa shape index (κ1) is 16.0. The first-order chi connectivity index (χ1) is 9.63. The summed E-state index contributed by atoms with van der Waals surface area (Å²) in [4.78, 5) is 24.1. The van der Waals surface area contributed by atoms with Crippen LogP contribution in [0.25, 0.3) is 0 Å². The Morgan fingerprint density at radius 1 is 1.20 bits per heavy atom. The average molecular weight is 280 g/mol. The maximum Gasteiger partial charge on any atom is 0.410 e. The van der Waals surface area contributed by atoms with Crippen molar-refractivity contribution in [2.75, 3.05) is 19.7 Å². The Hall–Kier alpha value is -2.08. The van der Waals surface area contributed by atoms with E-state index in [9.17, 15) is 9.59 Å². The van der Waals surface area contributed by atoms with Crippen LogP contribution in [0.15, 0.2) is 30.3 Å². The van der Waals surface area contributed by atoms with E-state index >= 15 is 0 Å². The molecule has 0 saturated heterocycles. The number of carbonyl (C=O) groups is 2. The van der Waals surface area contributed by atoms with Gasteiger partial charge < -0.3 is 20.5 Å². The number of carbonyl (C=O) groups excluding carboxylic acids is 2.